The summed E-state index contributed by atoms with van der Waals surface area (Å²) in [7, 11) is -4.03. The van der Waals surface area contributed by atoms with Gasteiger partial charge in [-0.2, -0.15) is 0 Å². The van der Waals surface area contributed by atoms with Crippen molar-refractivity contribution in [2.24, 2.45) is 0 Å². The molecule has 0 saturated carbocycles. The predicted octanol–water partition coefficient (Wildman–Crippen LogP) is 5.03. The van der Waals surface area contributed by atoms with Crippen LogP contribution in [0.2, 0.25) is 0 Å². The van der Waals surface area contributed by atoms with Gasteiger partial charge in [0.05, 0.1) is 10.6 Å². The number of nitrogens with one attached hydrogen (secondary N) is 1. The number of aryl methyl sites for hydroxylation is 1. The van der Waals surface area contributed by atoms with Gasteiger partial charge in [0, 0.05) is 6.54 Å². The fourth-order valence-corrected chi connectivity index (χ4v) is 5.32. The first kappa shape index (κ1) is 25.2. The van der Waals surface area contributed by atoms with E-state index >= 15 is 0 Å². The third-order valence-corrected chi connectivity index (χ3v) is 7.71. The predicted molar refractivity (Wildman–Crippen MR) is 143 cm³/mol. The Morgan fingerprint density at radius 1 is 0.868 bits per heavy atom. The smallest absolute Gasteiger partial charge is 0.264 e. The Bertz CT molecular complexity index is 1520. The molecule has 0 atom stereocenters. The van der Waals surface area contributed by atoms with Crippen molar-refractivity contribution in [1.29, 1.82) is 0 Å². The molecule has 1 aliphatic heterocycles. The number of anilines is 1. The van der Waals surface area contributed by atoms with Crippen LogP contribution < -0.4 is 23.8 Å². The van der Waals surface area contributed by atoms with Gasteiger partial charge in [-0.3, -0.25) is 9.10 Å². The van der Waals surface area contributed by atoms with Gasteiger partial charge in [-0.05, 0) is 73.2 Å². The summed E-state index contributed by atoms with van der Waals surface area (Å²) < 4.78 is 44.9. The highest BCUT2D eigenvalue weighted by atomic mass is 32.2. The fourth-order valence-electron chi connectivity index (χ4n) is 3.90. The van der Waals surface area contributed by atoms with Crippen LogP contribution in [0.15, 0.2) is 102 Å². The van der Waals surface area contributed by atoms with Gasteiger partial charge in [0.25, 0.3) is 10.0 Å². The molecule has 194 valence electrons. The molecule has 1 amide bonds. The molecule has 0 aromatic heterocycles. The third kappa shape index (κ3) is 5.73. The Morgan fingerprint density at radius 2 is 1.55 bits per heavy atom. The lowest BCUT2D eigenvalue weighted by Gasteiger charge is -2.24. The lowest BCUT2D eigenvalue weighted by Crippen LogP contribution is -2.40. The number of sulfonamides is 1. The zero-order valence-corrected chi connectivity index (χ0v) is 21.5. The standard InChI is InChI=1S/C29H26N2O6S/c1-21-7-14-26(15-8-21)38(33,34)31(23-10-12-25(13-11-23)37-24-5-3-2-4-6-24)19-29(32)30-18-22-9-16-27-28(17-22)36-20-35-27/h2-17H,18-20H2,1H3,(H,30,32). The number of amides is 1. The average molecular weight is 531 g/mol. The van der Waals surface area contributed by atoms with E-state index in [1.165, 1.54) is 12.1 Å². The van der Waals surface area contributed by atoms with Crippen molar-refractivity contribution < 1.29 is 27.4 Å². The summed E-state index contributed by atoms with van der Waals surface area (Å²) in [5.41, 5.74) is 2.07. The molecule has 5 rings (SSSR count). The van der Waals surface area contributed by atoms with E-state index in [1.54, 1.807) is 48.5 Å². The second-order valence-electron chi connectivity index (χ2n) is 8.70. The summed E-state index contributed by atoms with van der Waals surface area (Å²) in [6, 6.07) is 27.8. The summed E-state index contributed by atoms with van der Waals surface area (Å²) in [5.74, 6) is 2.00. The lowest BCUT2D eigenvalue weighted by atomic mass is 10.2. The first-order valence-corrected chi connectivity index (χ1v) is 13.4. The summed E-state index contributed by atoms with van der Waals surface area (Å²) in [5, 5.41) is 2.80. The minimum Gasteiger partial charge on any atom is -0.457 e. The normalized spacial score (nSPS) is 12.1. The molecule has 4 aromatic carbocycles. The van der Waals surface area contributed by atoms with Crippen molar-refractivity contribution in [2.75, 3.05) is 17.6 Å². The van der Waals surface area contributed by atoms with E-state index in [1.807, 2.05) is 43.3 Å². The second-order valence-corrected chi connectivity index (χ2v) is 10.6. The molecule has 0 radical (unpaired) electrons. The van der Waals surface area contributed by atoms with Crippen LogP contribution in [0, 0.1) is 6.92 Å². The van der Waals surface area contributed by atoms with Gasteiger partial charge >= 0.3 is 0 Å². The van der Waals surface area contributed by atoms with Gasteiger partial charge < -0.3 is 19.5 Å². The topological polar surface area (TPSA) is 94.2 Å². The highest BCUT2D eigenvalue weighted by Crippen LogP contribution is 2.32. The van der Waals surface area contributed by atoms with Crippen LogP contribution in [0.1, 0.15) is 11.1 Å². The Labute approximate surface area is 221 Å². The summed E-state index contributed by atoms with van der Waals surface area (Å²) >= 11 is 0. The van der Waals surface area contributed by atoms with E-state index in [2.05, 4.69) is 5.32 Å². The molecular formula is C29H26N2O6S. The molecule has 0 fully saturated rings. The van der Waals surface area contributed by atoms with Gasteiger partial charge in [0.2, 0.25) is 12.7 Å². The number of fused-ring (bicyclic) bond motifs is 1. The second kappa shape index (κ2) is 10.9. The van der Waals surface area contributed by atoms with Crippen LogP contribution in [0.3, 0.4) is 0 Å². The van der Waals surface area contributed by atoms with E-state index in [-0.39, 0.29) is 18.2 Å². The Balaban J connectivity index is 1.36. The van der Waals surface area contributed by atoms with Crippen LogP contribution >= 0.6 is 0 Å². The van der Waals surface area contributed by atoms with Crippen molar-refractivity contribution in [3.05, 3.63) is 108 Å². The first-order chi connectivity index (χ1) is 18.4. The quantitative estimate of drug-likeness (QED) is 0.326. The average Bonchev–Trinajstić information content (AvgIpc) is 3.40. The van der Waals surface area contributed by atoms with Crippen LogP contribution in [-0.4, -0.2) is 27.7 Å². The number of nitrogens with zero attached hydrogens (tertiary/aromatic N) is 1. The number of para-hydroxylation sites is 1. The molecule has 1 heterocycles. The maximum absolute atomic E-state index is 13.6. The van der Waals surface area contributed by atoms with Crippen molar-refractivity contribution in [3.8, 4) is 23.0 Å². The molecular weight excluding hydrogens is 504 g/mol. The maximum atomic E-state index is 13.6. The van der Waals surface area contributed by atoms with Crippen molar-refractivity contribution >= 4 is 21.6 Å². The zero-order chi connectivity index (χ0) is 26.5. The van der Waals surface area contributed by atoms with Gasteiger partial charge in [0.1, 0.15) is 18.0 Å². The molecule has 0 saturated heterocycles. The highest BCUT2D eigenvalue weighted by Gasteiger charge is 2.27. The molecule has 38 heavy (non-hydrogen) atoms. The minimum atomic E-state index is -4.03. The Morgan fingerprint density at radius 3 is 2.29 bits per heavy atom. The van der Waals surface area contributed by atoms with E-state index < -0.39 is 22.5 Å². The largest absolute Gasteiger partial charge is 0.457 e. The number of rotatable bonds is 9. The molecule has 0 spiro atoms. The third-order valence-electron chi connectivity index (χ3n) is 5.93. The minimum absolute atomic E-state index is 0.0938. The summed E-state index contributed by atoms with van der Waals surface area (Å²) in [6.45, 7) is 1.84. The van der Waals surface area contributed by atoms with E-state index in [0.29, 0.717) is 28.7 Å². The molecule has 1 aliphatic rings. The van der Waals surface area contributed by atoms with Crippen molar-refractivity contribution in [2.45, 2.75) is 18.4 Å². The van der Waals surface area contributed by atoms with Gasteiger partial charge in [-0.1, -0.05) is 42.0 Å². The lowest BCUT2D eigenvalue weighted by molar-refractivity contribution is -0.119. The number of carbonyl (C=O) groups is 1. The molecule has 9 heteroatoms. The van der Waals surface area contributed by atoms with Gasteiger partial charge in [0.15, 0.2) is 11.5 Å². The fraction of sp³-hybridized carbons (Fsp3) is 0.138. The monoisotopic (exact) mass is 530 g/mol. The molecule has 0 unspecified atom stereocenters. The van der Waals surface area contributed by atoms with Crippen molar-refractivity contribution in [1.82, 2.24) is 5.32 Å². The molecule has 1 N–H and O–H groups in total. The summed E-state index contributed by atoms with van der Waals surface area (Å²) in [6.07, 6.45) is 0. The number of hydrogen-bond donors (Lipinski definition) is 1. The van der Waals surface area contributed by atoms with E-state index in [4.69, 9.17) is 14.2 Å². The van der Waals surface area contributed by atoms with Crippen molar-refractivity contribution in [3.63, 3.8) is 0 Å². The Hall–Kier alpha value is -4.50. The van der Waals surface area contributed by atoms with E-state index in [0.717, 1.165) is 15.4 Å². The van der Waals surface area contributed by atoms with Crippen LogP contribution in [-0.2, 0) is 21.4 Å². The molecule has 4 aromatic rings. The molecule has 0 bridgehead atoms. The van der Waals surface area contributed by atoms with Gasteiger partial charge in [-0.15, -0.1) is 0 Å². The zero-order valence-electron chi connectivity index (χ0n) is 20.7. The number of hydrogen-bond acceptors (Lipinski definition) is 6. The highest BCUT2D eigenvalue weighted by molar-refractivity contribution is 7.92. The van der Waals surface area contributed by atoms with Crippen LogP contribution in [0.4, 0.5) is 5.69 Å². The first-order valence-electron chi connectivity index (χ1n) is 12.0. The van der Waals surface area contributed by atoms with Gasteiger partial charge in [-0.25, -0.2) is 8.42 Å². The maximum Gasteiger partial charge on any atom is 0.264 e. The number of carbonyl (C=O) groups excluding carboxylic acids is 1. The summed E-state index contributed by atoms with van der Waals surface area (Å²) in [4.78, 5) is 13.1. The Kier molecular flexibility index (Phi) is 7.19. The van der Waals surface area contributed by atoms with Crippen LogP contribution in [0.25, 0.3) is 0 Å². The van der Waals surface area contributed by atoms with Crippen LogP contribution in [0.5, 0.6) is 23.0 Å². The number of ether oxygens (including phenoxy) is 3. The molecule has 8 nitrogen and oxygen atoms in total. The van der Waals surface area contributed by atoms with E-state index in [9.17, 15) is 13.2 Å². The molecule has 0 aliphatic carbocycles. The SMILES string of the molecule is Cc1ccc(S(=O)(=O)N(CC(=O)NCc2ccc3c(c2)OCO3)c2ccc(Oc3ccccc3)cc2)cc1. The number of benzene rings is 4.